The van der Waals surface area contributed by atoms with E-state index in [9.17, 15) is 4.79 Å². The van der Waals surface area contributed by atoms with Gasteiger partial charge in [-0.25, -0.2) is 9.97 Å². The molecule has 5 rings (SSSR count). The van der Waals surface area contributed by atoms with Gasteiger partial charge < -0.3 is 24.2 Å². The number of carbonyl (C=O) groups is 1. The lowest BCUT2D eigenvalue weighted by molar-refractivity contribution is 0.0745. The van der Waals surface area contributed by atoms with E-state index in [4.69, 9.17) is 14.5 Å². The SMILES string of the molecule is Cc1cc(N2CCOCC2)nc(N2CCN(C(=O)c3ccc(OC4CCCC4)nc3)CC2)n1. The highest BCUT2D eigenvalue weighted by molar-refractivity contribution is 5.94. The number of aryl methyl sites for hydroxylation is 1. The van der Waals surface area contributed by atoms with Crippen LogP contribution in [0.4, 0.5) is 11.8 Å². The Morgan fingerprint density at radius 1 is 1.00 bits per heavy atom. The molecule has 0 unspecified atom stereocenters. The van der Waals surface area contributed by atoms with E-state index in [1.165, 1.54) is 12.8 Å². The zero-order chi connectivity index (χ0) is 22.6. The Labute approximate surface area is 194 Å². The summed E-state index contributed by atoms with van der Waals surface area (Å²) in [6.45, 7) is 7.80. The molecule has 3 fully saturated rings. The molecule has 0 spiro atoms. The maximum absolute atomic E-state index is 13.0. The van der Waals surface area contributed by atoms with Crippen molar-refractivity contribution in [2.24, 2.45) is 0 Å². The van der Waals surface area contributed by atoms with Gasteiger partial charge >= 0.3 is 0 Å². The third-order valence-corrected chi connectivity index (χ3v) is 6.59. The van der Waals surface area contributed by atoms with Crippen molar-refractivity contribution in [3.63, 3.8) is 0 Å². The zero-order valence-corrected chi connectivity index (χ0v) is 19.3. The summed E-state index contributed by atoms with van der Waals surface area (Å²) in [7, 11) is 0. The fraction of sp³-hybridized carbons (Fsp3) is 0.583. The van der Waals surface area contributed by atoms with Crippen molar-refractivity contribution in [3.05, 3.63) is 35.7 Å². The van der Waals surface area contributed by atoms with Crippen molar-refractivity contribution in [1.29, 1.82) is 0 Å². The minimum absolute atomic E-state index is 0.00809. The Morgan fingerprint density at radius 3 is 2.45 bits per heavy atom. The summed E-state index contributed by atoms with van der Waals surface area (Å²) in [5.41, 5.74) is 1.55. The molecule has 2 aliphatic heterocycles. The molecular formula is C24H32N6O3. The van der Waals surface area contributed by atoms with Gasteiger partial charge in [0.05, 0.1) is 18.8 Å². The minimum Gasteiger partial charge on any atom is -0.474 e. The number of carbonyl (C=O) groups excluding carboxylic acids is 1. The summed E-state index contributed by atoms with van der Waals surface area (Å²) < 4.78 is 11.4. The lowest BCUT2D eigenvalue weighted by atomic mass is 10.2. The third-order valence-electron chi connectivity index (χ3n) is 6.59. The molecule has 1 aliphatic carbocycles. The summed E-state index contributed by atoms with van der Waals surface area (Å²) in [5, 5.41) is 0. The van der Waals surface area contributed by atoms with Crippen LogP contribution in [-0.4, -0.2) is 84.3 Å². The van der Waals surface area contributed by atoms with Gasteiger partial charge in [0.2, 0.25) is 11.8 Å². The predicted octanol–water partition coefficient (Wildman–Crippen LogP) is 2.30. The first-order valence-electron chi connectivity index (χ1n) is 12.0. The standard InChI is InChI=1S/C24H32N6O3/c1-18-16-21(28-12-14-32-15-13-28)27-24(26-18)30-10-8-29(9-11-30)23(31)19-6-7-22(25-17-19)33-20-4-2-3-5-20/h6-7,16-17,20H,2-5,8-15H2,1H3. The Kier molecular flexibility index (Phi) is 6.57. The van der Waals surface area contributed by atoms with E-state index in [0.29, 0.717) is 37.6 Å². The second-order valence-corrected chi connectivity index (χ2v) is 8.96. The van der Waals surface area contributed by atoms with Gasteiger partial charge in [-0.3, -0.25) is 4.79 Å². The number of ether oxygens (including phenoxy) is 2. The van der Waals surface area contributed by atoms with Gasteiger partial charge in [-0.15, -0.1) is 0 Å². The van der Waals surface area contributed by atoms with Crippen LogP contribution in [0.1, 0.15) is 41.7 Å². The number of rotatable bonds is 5. The van der Waals surface area contributed by atoms with Gasteiger partial charge in [0.1, 0.15) is 11.9 Å². The highest BCUT2D eigenvalue weighted by atomic mass is 16.5. The first-order valence-corrected chi connectivity index (χ1v) is 12.0. The Bertz CT molecular complexity index is 949. The van der Waals surface area contributed by atoms with E-state index >= 15 is 0 Å². The number of hydrogen-bond acceptors (Lipinski definition) is 8. The average molecular weight is 453 g/mol. The molecular weight excluding hydrogens is 420 g/mol. The van der Waals surface area contributed by atoms with Crippen LogP contribution in [0.25, 0.3) is 0 Å². The number of anilines is 2. The second-order valence-electron chi connectivity index (χ2n) is 8.96. The van der Waals surface area contributed by atoms with E-state index < -0.39 is 0 Å². The summed E-state index contributed by atoms with van der Waals surface area (Å²) in [4.78, 5) is 33.1. The molecule has 0 radical (unpaired) electrons. The molecule has 0 atom stereocenters. The summed E-state index contributed by atoms with van der Waals surface area (Å²) >= 11 is 0. The fourth-order valence-electron chi connectivity index (χ4n) is 4.68. The molecule has 1 amide bonds. The van der Waals surface area contributed by atoms with Crippen LogP contribution >= 0.6 is 0 Å². The highest BCUT2D eigenvalue weighted by Gasteiger charge is 2.25. The number of pyridine rings is 1. The molecule has 0 aromatic carbocycles. The maximum atomic E-state index is 13.0. The number of amides is 1. The minimum atomic E-state index is 0.00809. The summed E-state index contributed by atoms with van der Waals surface area (Å²) in [5.74, 6) is 2.30. The Morgan fingerprint density at radius 2 is 1.76 bits per heavy atom. The molecule has 4 heterocycles. The van der Waals surface area contributed by atoms with E-state index in [2.05, 4.69) is 19.8 Å². The molecule has 2 aromatic heterocycles. The monoisotopic (exact) mass is 452 g/mol. The van der Waals surface area contributed by atoms with E-state index in [1.54, 1.807) is 6.20 Å². The lowest BCUT2D eigenvalue weighted by Crippen LogP contribution is -2.49. The van der Waals surface area contributed by atoms with Gasteiger partial charge in [-0.2, -0.15) is 4.98 Å². The summed E-state index contributed by atoms with van der Waals surface area (Å²) in [6.07, 6.45) is 6.51. The van der Waals surface area contributed by atoms with Crippen molar-refractivity contribution in [1.82, 2.24) is 19.9 Å². The van der Waals surface area contributed by atoms with Crippen molar-refractivity contribution >= 4 is 17.7 Å². The van der Waals surface area contributed by atoms with Gasteiger partial charge in [0.25, 0.3) is 5.91 Å². The largest absolute Gasteiger partial charge is 0.474 e. The van der Waals surface area contributed by atoms with Crippen LogP contribution in [0.5, 0.6) is 5.88 Å². The third kappa shape index (κ3) is 5.19. The molecule has 33 heavy (non-hydrogen) atoms. The van der Waals surface area contributed by atoms with Gasteiger partial charge in [0.15, 0.2) is 0 Å². The van der Waals surface area contributed by atoms with Gasteiger partial charge in [-0.05, 0) is 38.7 Å². The molecule has 0 bridgehead atoms. The lowest BCUT2D eigenvalue weighted by Gasteiger charge is -2.35. The highest BCUT2D eigenvalue weighted by Crippen LogP contribution is 2.23. The number of piperazine rings is 1. The van der Waals surface area contributed by atoms with Crippen LogP contribution in [0, 0.1) is 6.92 Å². The number of aromatic nitrogens is 3. The van der Waals surface area contributed by atoms with E-state index in [0.717, 1.165) is 56.6 Å². The molecule has 9 heteroatoms. The predicted molar refractivity (Wildman–Crippen MR) is 125 cm³/mol. The van der Waals surface area contributed by atoms with Crippen LogP contribution in [-0.2, 0) is 4.74 Å². The molecule has 9 nitrogen and oxygen atoms in total. The quantitative estimate of drug-likeness (QED) is 0.683. The average Bonchev–Trinajstić information content (AvgIpc) is 3.37. The Balaban J connectivity index is 1.18. The first-order chi connectivity index (χ1) is 16.2. The second kappa shape index (κ2) is 9.91. The first kappa shape index (κ1) is 21.9. The maximum Gasteiger partial charge on any atom is 0.255 e. The molecule has 2 aromatic rings. The molecule has 3 aliphatic rings. The smallest absolute Gasteiger partial charge is 0.255 e. The van der Waals surface area contributed by atoms with Crippen LogP contribution < -0.4 is 14.5 Å². The normalized spacial score (nSPS) is 19.7. The topological polar surface area (TPSA) is 83.9 Å². The zero-order valence-electron chi connectivity index (χ0n) is 19.3. The van der Waals surface area contributed by atoms with E-state index in [1.807, 2.05) is 30.0 Å². The number of morpholine rings is 1. The number of hydrogen-bond donors (Lipinski definition) is 0. The van der Waals surface area contributed by atoms with Crippen LogP contribution in [0.3, 0.4) is 0 Å². The molecule has 1 saturated carbocycles. The van der Waals surface area contributed by atoms with E-state index in [-0.39, 0.29) is 12.0 Å². The van der Waals surface area contributed by atoms with Crippen LogP contribution in [0.2, 0.25) is 0 Å². The van der Waals surface area contributed by atoms with Crippen molar-refractivity contribution < 1.29 is 14.3 Å². The van der Waals surface area contributed by atoms with Gasteiger partial charge in [0, 0.05) is 63.3 Å². The number of nitrogens with zero attached hydrogens (tertiary/aromatic N) is 6. The Hall–Kier alpha value is -2.94. The molecule has 2 saturated heterocycles. The fourth-order valence-corrected chi connectivity index (χ4v) is 4.68. The van der Waals surface area contributed by atoms with Crippen molar-refractivity contribution in [3.8, 4) is 5.88 Å². The summed E-state index contributed by atoms with van der Waals surface area (Å²) in [6, 6.07) is 5.67. The van der Waals surface area contributed by atoms with Gasteiger partial charge in [-0.1, -0.05) is 0 Å². The molecule has 0 N–H and O–H groups in total. The van der Waals surface area contributed by atoms with Crippen molar-refractivity contribution in [2.75, 3.05) is 62.3 Å². The molecule has 176 valence electrons. The van der Waals surface area contributed by atoms with Crippen LogP contribution in [0.15, 0.2) is 24.4 Å². The van der Waals surface area contributed by atoms with Crippen molar-refractivity contribution in [2.45, 2.75) is 38.7 Å².